The van der Waals surface area contributed by atoms with Crippen LogP contribution in [0, 0.1) is 0 Å². The van der Waals surface area contributed by atoms with E-state index in [0.717, 1.165) is 6.07 Å². The lowest BCUT2D eigenvalue weighted by Gasteiger charge is -2.12. The summed E-state index contributed by atoms with van der Waals surface area (Å²) in [5, 5.41) is -0.166. The van der Waals surface area contributed by atoms with Gasteiger partial charge in [0.15, 0.2) is 5.82 Å². The van der Waals surface area contributed by atoms with Crippen molar-refractivity contribution in [3.8, 4) is 0 Å². The number of nitrogens with zero attached hydrogens (tertiary/aromatic N) is 2. The van der Waals surface area contributed by atoms with Crippen LogP contribution in [-0.2, 0) is 11.0 Å². The average Bonchev–Trinajstić information content (AvgIpc) is 2.30. The van der Waals surface area contributed by atoms with Crippen molar-refractivity contribution in [1.29, 1.82) is 0 Å². The highest BCUT2D eigenvalue weighted by Crippen LogP contribution is 2.33. The van der Waals surface area contributed by atoms with Gasteiger partial charge in [0.05, 0.1) is 10.6 Å². The van der Waals surface area contributed by atoms with Gasteiger partial charge in [-0.15, -0.1) is 0 Å². The number of hydrogen-bond donors (Lipinski definition) is 0. The maximum absolute atomic E-state index is 12.4. The standard InChI is InChI=1S/C12H10ClF3N2O/c13-10-4-7(12(14,15)16)6-17-11(10)18-8-2-1-3-9(19)5-8/h4,6H,1-3,5H2. The second-order valence-corrected chi connectivity index (χ2v) is 4.68. The summed E-state index contributed by atoms with van der Waals surface area (Å²) >= 11 is 5.74. The molecule has 1 aromatic rings. The lowest BCUT2D eigenvalue weighted by molar-refractivity contribution is -0.137. The molecule has 1 saturated carbocycles. The van der Waals surface area contributed by atoms with E-state index in [2.05, 4.69) is 9.98 Å². The summed E-state index contributed by atoms with van der Waals surface area (Å²) in [5.41, 5.74) is -0.299. The van der Waals surface area contributed by atoms with Crippen LogP contribution in [0.15, 0.2) is 17.3 Å². The lowest BCUT2D eigenvalue weighted by atomic mass is 9.97. The first-order valence-corrected chi connectivity index (χ1v) is 6.05. The van der Waals surface area contributed by atoms with E-state index in [1.807, 2.05) is 0 Å². The van der Waals surface area contributed by atoms with Crippen molar-refractivity contribution in [2.75, 3.05) is 0 Å². The Kier molecular flexibility index (Phi) is 3.89. The fraction of sp³-hybridized carbons (Fsp3) is 0.417. The molecular formula is C12H10ClF3N2O. The lowest BCUT2D eigenvalue weighted by Crippen LogP contribution is -2.14. The predicted molar refractivity (Wildman–Crippen MR) is 64.8 cm³/mol. The first-order chi connectivity index (χ1) is 8.86. The maximum atomic E-state index is 12.4. The van der Waals surface area contributed by atoms with Crippen LogP contribution >= 0.6 is 11.6 Å². The number of ketones is 1. The number of aliphatic imine (C=N–C) groups is 1. The summed E-state index contributed by atoms with van der Waals surface area (Å²) in [7, 11) is 0. The highest BCUT2D eigenvalue weighted by molar-refractivity contribution is 6.32. The SMILES string of the molecule is O=C1CCCC(=Nc2ncc(C(F)(F)F)cc2Cl)C1. The van der Waals surface area contributed by atoms with Crippen molar-refractivity contribution in [2.45, 2.75) is 31.9 Å². The minimum absolute atomic E-state index is 0.0272. The minimum Gasteiger partial charge on any atom is -0.299 e. The third-order valence-electron chi connectivity index (χ3n) is 2.74. The Balaban J connectivity index is 2.26. The molecule has 7 heteroatoms. The number of carbonyl (C=O) groups is 1. The molecule has 0 saturated heterocycles. The van der Waals surface area contributed by atoms with Crippen LogP contribution in [0.4, 0.5) is 19.0 Å². The van der Waals surface area contributed by atoms with Gasteiger partial charge in [0.2, 0.25) is 0 Å². The fourth-order valence-corrected chi connectivity index (χ4v) is 2.02. The first-order valence-electron chi connectivity index (χ1n) is 5.67. The average molecular weight is 291 g/mol. The molecule has 1 aliphatic carbocycles. The van der Waals surface area contributed by atoms with Crippen molar-refractivity contribution in [1.82, 2.24) is 4.98 Å². The van der Waals surface area contributed by atoms with Crippen molar-refractivity contribution >= 4 is 28.9 Å². The minimum atomic E-state index is -4.48. The van der Waals surface area contributed by atoms with Gasteiger partial charge in [-0.25, -0.2) is 9.98 Å². The van der Waals surface area contributed by atoms with Crippen LogP contribution in [0.3, 0.4) is 0 Å². The first kappa shape index (κ1) is 14.0. The van der Waals surface area contributed by atoms with Gasteiger partial charge in [0.25, 0.3) is 0 Å². The predicted octanol–water partition coefficient (Wildman–Crippen LogP) is 3.97. The molecule has 0 aliphatic heterocycles. The summed E-state index contributed by atoms with van der Waals surface area (Å²) in [5.74, 6) is 0.104. The van der Waals surface area contributed by atoms with Crippen LogP contribution in [0.1, 0.15) is 31.2 Å². The molecule has 1 fully saturated rings. The number of rotatable bonds is 1. The summed E-state index contributed by atoms with van der Waals surface area (Å²) < 4.78 is 37.3. The second kappa shape index (κ2) is 5.28. The van der Waals surface area contributed by atoms with E-state index in [9.17, 15) is 18.0 Å². The zero-order valence-electron chi connectivity index (χ0n) is 9.80. The quantitative estimate of drug-likeness (QED) is 0.785. The Morgan fingerprint density at radius 3 is 2.63 bits per heavy atom. The van der Waals surface area contributed by atoms with Gasteiger partial charge in [0, 0.05) is 24.8 Å². The van der Waals surface area contributed by atoms with Gasteiger partial charge in [0.1, 0.15) is 5.78 Å². The van der Waals surface area contributed by atoms with Crippen molar-refractivity contribution < 1.29 is 18.0 Å². The smallest absolute Gasteiger partial charge is 0.299 e. The topological polar surface area (TPSA) is 42.3 Å². The van der Waals surface area contributed by atoms with Crippen LogP contribution in [0.2, 0.25) is 5.02 Å². The van der Waals surface area contributed by atoms with Crippen molar-refractivity contribution in [3.05, 3.63) is 22.8 Å². The normalized spacial score (nSPS) is 18.9. The third kappa shape index (κ3) is 3.53. The van der Waals surface area contributed by atoms with E-state index < -0.39 is 11.7 Å². The molecule has 0 unspecified atom stereocenters. The van der Waals surface area contributed by atoms with Gasteiger partial charge < -0.3 is 0 Å². The molecule has 102 valence electrons. The van der Waals surface area contributed by atoms with Crippen LogP contribution < -0.4 is 0 Å². The summed E-state index contributed by atoms with van der Waals surface area (Å²) in [4.78, 5) is 18.9. The van der Waals surface area contributed by atoms with E-state index >= 15 is 0 Å². The Morgan fingerprint density at radius 1 is 1.32 bits per heavy atom. The molecule has 0 radical (unpaired) electrons. The molecule has 0 atom stereocenters. The van der Waals surface area contributed by atoms with Crippen LogP contribution in [-0.4, -0.2) is 16.5 Å². The number of halogens is 4. The fourth-order valence-electron chi connectivity index (χ4n) is 1.81. The zero-order chi connectivity index (χ0) is 14.0. The molecule has 1 aliphatic rings. The molecule has 3 nitrogen and oxygen atoms in total. The van der Waals surface area contributed by atoms with Crippen molar-refractivity contribution in [3.63, 3.8) is 0 Å². The monoisotopic (exact) mass is 290 g/mol. The van der Waals surface area contributed by atoms with E-state index in [0.29, 0.717) is 31.2 Å². The molecule has 0 amide bonds. The summed E-state index contributed by atoms with van der Waals surface area (Å²) in [6.07, 6.45) is -1.70. The Labute approximate surface area is 112 Å². The molecule has 0 bridgehead atoms. The maximum Gasteiger partial charge on any atom is 0.417 e. The van der Waals surface area contributed by atoms with E-state index in [1.54, 1.807) is 0 Å². The van der Waals surface area contributed by atoms with Gasteiger partial charge >= 0.3 is 6.18 Å². The number of aromatic nitrogens is 1. The molecule has 0 N–H and O–H groups in total. The number of carbonyl (C=O) groups excluding carboxylic acids is 1. The highest BCUT2D eigenvalue weighted by Gasteiger charge is 2.31. The Hall–Kier alpha value is -1.43. The van der Waals surface area contributed by atoms with Gasteiger partial charge in [-0.3, -0.25) is 4.79 Å². The number of hydrogen-bond acceptors (Lipinski definition) is 3. The molecule has 19 heavy (non-hydrogen) atoms. The van der Waals surface area contributed by atoms with Gasteiger partial charge in [-0.1, -0.05) is 11.6 Å². The Bertz CT molecular complexity index is 540. The van der Waals surface area contributed by atoms with Crippen LogP contribution in [0.5, 0.6) is 0 Å². The van der Waals surface area contributed by atoms with E-state index in [1.165, 1.54) is 0 Å². The highest BCUT2D eigenvalue weighted by atomic mass is 35.5. The molecule has 2 rings (SSSR count). The molecule has 1 aromatic heterocycles. The molecule has 1 heterocycles. The van der Waals surface area contributed by atoms with Gasteiger partial charge in [-0.2, -0.15) is 13.2 Å². The number of alkyl halides is 3. The van der Waals surface area contributed by atoms with E-state index in [-0.39, 0.29) is 23.0 Å². The second-order valence-electron chi connectivity index (χ2n) is 4.27. The molecular weight excluding hydrogens is 281 g/mol. The third-order valence-corrected chi connectivity index (χ3v) is 3.01. The Morgan fingerprint density at radius 2 is 2.05 bits per heavy atom. The molecule has 0 aromatic carbocycles. The summed E-state index contributed by atoms with van der Waals surface area (Å²) in [6, 6.07) is 0.790. The van der Waals surface area contributed by atoms with Crippen LogP contribution in [0.25, 0.3) is 0 Å². The zero-order valence-corrected chi connectivity index (χ0v) is 10.6. The molecule has 0 spiro atoms. The largest absolute Gasteiger partial charge is 0.417 e. The number of Topliss-reactive ketones (excluding diaryl/α,β-unsaturated/α-hetero) is 1. The number of pyridine rings is 1. The van der Waals surface area contributed by atoms with Gasteiger partial charge in [-0.05, 0) is 18.9 Å². The van der Waals surface area contributed by atoms with Crippen molar-refractivity contribution in [2.24, 2.45) is 4.99 Å². The van der Waals surface area contributed by atoms with E-state index in [4.69, 9.17) is 11.6 Å². The summed E-state index contributed by atoms with van der Waals surface area (Å²) in [6.45, 7) is 0.